The summed E-state index contributed by atoms with van der Waals surface area (Å²) in [6.45, 7) is 1.36. The standard InChI is InChI=1S/C23H17F3N2O3/c1-12(29)19-17-18(20-16-8-3-2-5-13(16)9-10-27(19)20)22(31)28(21(17)30)15-7-4-6-14(11-15)23(24,25)26/h2-11,17-20H,1H3/t17-,18+,19-,20?/m1/s1. The fourth-order valence-corrected chi connectivity index (χ4v) is 5.10. The molecule has 3 heterocycles. The molecule has 0 aliphatic carbocycles. The van der Waals surface area contributed by atoms with Crippen LogP contribution in [0.4, 0.5) is 18.9 Å². The Balaban J connectivity index is 1.62. The number of alkyl halides is 3. The third-order valence-corrected chi connectivity index (χ3v) is 6.31. The van der Waals surface area contributed by atoms with Crippen LogP contribution in [0, 0.1) is 11.8 Å². The first kappa shape index (κ1) is 19.5. The Morgan fingerprint density at radius 3 is 2.39 bits per heavy atom. The minimum Gasteiger partial charge on any atom is -0.359 e. The van der Waals surface area contributed by atoms with Crippen LogP contribution in [0.5, 0.6) is 0 Å². The highest BCUT2D eigenvalue weighted by Crippen LogP contribution is 2.53. The highest BCUT2D eigenvalue weighted by Gasteiger charge is 2.64. The van der Waals surface area contributed by atoms with Gasteiger partial charge < -0.3 is 4.90 Å². The average Bonchev–Trinajstić information content (AvgIpc) is 3.20. The number of imide groups is 1. The van der Waals surface area contributed by atoms with Gasteiger partial charge in [-0.1, -0.05) is 30.3 Å². The Labute approximate surface area is 175 Å². The van der Waals surface area contributed by atoms with Gasteiger partial charge in [0.1, 0.15) is 0 Å². The van der Waals surface area contributed by atoms with Crippen molar-refractivity contribution in [2.75, 3.05) is 4.90 Å². The van der Waals surface area contributed by atoms with E-state index in [-0.39, 0.29) is 11.5 Å². The Bertz CT molecular complexity index is 1160. The normalized spacial score (nSPS) is 26.7. The van der Waals surface area contributed by atoms with Crippen molar-refractivity contribution in [2.24, 2.45) is 11.8 Å². The summed E-state index contributed by atoms with van der Waals surface area (Å²) in [5.74, 6) is -3.32. The van der Waals surface area contributed by atoms with E-state index in [0.29, 0.717) is 0 Å². The zero-order valence-corrected chi connectivity index (χ0v) is 16.3. The number of Topliss-reactive ketones (excluding diaryl/α,β-unsaturated/α-hetero) is 1. The molecule has 2 saturated heterocycles. The summed E-state index contributed by atoms with van der Waals surface area (Å²) in [5, 5.41) is 0. The van der Waals surface area contributed by atoms with Crippen LogP contribution in [0.3, 0.4) is 0 Å². The van der Waals surface area contributed by atoms with Crippen LogP contribution >= 0.6 is 0 Å². The zero-order valence-electron chi connectivity index (χ0n) is 16.3. The number of benzene rings is 2. The number of anilines is 1. The largest absolute Gasteiger partial charge is 0.416 e. The summed E-state index contributed by atoms with van der Waals surface area (Å²) in [5.41, 5.74) is 0.617. The van der Waals surface area contributed by atoms with E-state index in [4.69, 9.17) is 0 Å². The van der Waals surface area contributed by atoms with Gasteiger partial charge in [-0.2, -0.15) is 13.2 Å². The Hall–Kier alpha value is -3.42. The lowest BCUT2D eigenvalue weighted by molar-refractivity contribution is -0.137. The topological polar surface area (TPSA) is 57.7 Å². The Morgan fingerprint density at radius 2 is 1.68 bits per heavy atom. The fourth-order valence-electron chi connectivity index (χ4n) is 5.10. The number of amides is 2. The number of hydrogen-bond donors (Lipinski definition) is 0. The first-order chi connectivity index (χ1) is 14.7. The molecule has 158 valence electrons. The molecule has 0 bridgehead atoms. The summed E-state index contributed by atoms with van der Waals surface area (Å²) in [6, 6.07) is 10.2. The van der Waals surface area contributed by atoms with Crippen molar-refractivity contribution < 1.29 is 27.6 Å². The third kappa shape index (κ3) is 2.74. The maximum Gasteiger partial charge on any atom is 0.416 e. The van der Waals surface area contributed by atoms with Crippen molar-refractivity contribution in [3.63, 3.8) is 0 Å². The van der Waals surface area contributed by atoms with Crippen LogP contribution in [0.25, 0.3) is 6.08 Å². The molecule has 2 aromatic rings. The number of rotatable bonds is 2. The molecule has 0 spiro atoms. The second kappa shape index (κ2) is 6.54. The van der Waals surface area contributed by atoms with Crippen molar-refractivity contribution in [1.82, 2.24) is 4.90 Å². The van der Waals surface area contributed by atoms with Gasteiger partial charge in [0.15, 0.2) is 5.78 Å². The smallest absolute Gasteiger partial charge is 0.359 e. The van der Waals surface area contributed by atoms with Gasteiger partial charge in [-0.25, -0.2) is 4.90 Å². The number of carbonyl (C=O) groups excluding carboxylic acids is 3. The lowest BCUT2D eigenvalue weighted by Gasteiger charge is -2.35. The van der Waals surface area contributed by atoms with Crippen molar-refractivity contribution in [3.8, 4) is 0 Å². The van der Waals surface area contributed by atoms with Gasteiger partial charge >= 0.3 is 6.18 Å². The summed E-state index contributed by atoms with van der Waals surface area (Å²) in [7, 11) is 0. The van der Waals surface area contributed by atoms with E-state index in [1.54, 1.807) is 11.1 Å². The van der Waals surface area contributed by atoms with Gasteiger partial charge in [-0.3, -0.25) is 14.4 Å². The van der Waals surface area contributed by atoms with E-state index in [2.05, 4.69) is 0 Å². The molecule has 5 nitrogen and oxygen atoms in total. The van der Waals surface area contributed by atoms with E-state index in [1.807, 2.05) is 30.3 Å². The molecule has 4 atom stereocenters. The number of hydrogen-bond acceptors (Lipinski definition) is 4. The summed E-state index contributed by atoms with van der Waals surface area (Å²) < 4.78 is 39.6. The second-order valence-electron chi connectivity index (χ2n) is 8.00. The molecule has 2 aromatic carbocycles. The lowest BCUT2D eigenvalue weighted by Crippen LogP contribution is -2.43. The number of nitrogens with zero attached hydrogens (tertiary/aromatic N) is 2. The lowest BCUT2D eigenvalue weighted by atomic mass is 9.84. The SMILES string of the molecule is CC(=O)[C@@H]1[C@@H]2C(=O)N(c3cccc(C(F)(F)F)c3)C(=O)[C@@H]2C2c3ccccc3C=CN21. The zero-order chi connectivity index (χ0) is 22.1. The van der Waals surface area contributed by atoms with E-state index < -0.39 is 47.5 Å². The molecular formula is C23H17F3N2O3. The number of carbonyl (C=O) groups is 3. The van der Waals surface area contributed by atoms with Gasteiger partial charge in [0.05, 0.1) is 35.2 Å². The van der Waals surface area contributed by atoms with Crippen molar-refractivity contribution in [1.29, 1.82) is 0 Å². The first-order valence-electron chi connectivity index (χ1n) is 9.80. The second-order valence-corrected chi connectivity index (χ2v) is 8.00. The molecule has 2 fully saturated rings. The van der Waals surface area contributed by atoms with Gasteiger partial charge in [0.25, 0.3) is 0 Å². The predicted molar refractivity (Wildman–Crippen MR) is 105 cm³/mol. The molecule has 31 heavy (non-hydrogen) atoms. The quantitative estimate of drug-likeness (QED) is 0.686. The summed E-state index contributed by atoms with van der Waals surface area (Å²) >= 11 is 0. The van der Waals surface area contributed by atoms with E-state index >= 15 is 0 Å². The number of fused-ring (bicyclic) bond motifs is 5. The molecule has 1 unspecified atom stereocenters. The maximum absolute atomic E-state index is 13.5. The van der Waals surface area contributed by atoms with Crippen molar-refractivity contribution in [2.45, 2.75) is 25.2 Å². The molecule has 3 aliphatic rings. The molecule has 5 rings (SSSR count). The van der Waals surface area contributed by atoms with Crippen LogP contribution in [0.15, 0.2) is 54.7 Å². The maximum atomic E-state index is 13.5. The molecule has 0 N–H and O–H groups in total. The van der Waals surface area contributed by atoms with Crippen molar-refractivity contribution in [3.05, 3.63) is 71.4 Å². The third-order valence-electron chi connectivity index (χ3n) is 6.31. The predicted octanol–water partition coefficient (Wildman–Crippen LogP) is 3.81. The van der Waals surface area contributed by atoms with E-state index in [0.717, 1.165) is 28.2 Å². The van der Waals surface area contributed by atoms with E-state index in [1.165, 1.54) is 19.1 Å². The monoisotopic (exact) mass is 426 g/mol. The summed E-state index contributed by atoms with van der Waals surface area (Å²) in [6.07, 6.45) is -1.04. The highest BCUT2D eigenvalue weighted by molar-refractivity contribution is 6.24. The van der Waals surface area contributed by atoms with Gasteiger partial charge in [-0.05, 0) is 42.3 Å². The molecule has 8 heteroatoms. The van der Waals surface area contributed by atoms with Crippen LogP contribution < -0.4 is 4.90 Å². The summed E-state index contributed by atoms with van der Waals surface area (Å²) in [4.78, 5) is 41.9. The average molecular weight is 426 g/mol. The molecule has 0 saturated carbocycles. The van der Waals surface area contributed by atoms with Crippen LogP contribution in [-0.2, 0) is 20.6 Å². The molecule has 3 aliphatic heterocycles. The minimum absolute atomic E-state index is 0.132. The fraction of sp³-hybridized carbons (Fsp3) is 0.261. The minimum atomic E-state index is -4.61. The Morgan fingerprint density at radius 1 is 0.968 bits per heavy atom. The van der Waals surface area contributed by atoms with Crippen molar-refractivity contribution >= 4 is 29.4 Å². The van der Waals surface area contributed by atoms with Crippen LogP contribution in [-0.4, -0.2) is 28.5 Å². The van der Waals surface area contributed by atoms with Crippen LogP contribution in [0.1, 0.15) is 29.7 Å². The van der Waals surface area contributed by atoms with Gasteiger partial charge in [-0.15, -0.1) is 0 Å². The molecule has 0 radical (unpaired) electrons. The molecule has 0 aromatic heterocycles. The van der Waals surface area contributed by atoms with Gasteiger partial charge in [0.2, 0.25) is 11.8 Å². The Kier molecular flexibility index (Phi) is 4.12. The molecular weight excluding hydrogens is 409 g/mol. The first-order valence-corrected chi connectivity index (χ1v) is 9.80. The highest BCUT2D eigenvalue weighted by atomic mass is 19.4. The van der Waals surface area contributed by atoms with E-state index in [9.17, 15) is 27.6 Å². The van der Waals surface area contributed by atoms with Gasteiger partial charge in [0, 0.05) is 6.20 Å². The number of halogens is 3. The molecule has 2 amide bonds. The number of ketones is 1. The van der Waals surface area contributed by atoms with Crippen LogP contribution in [0.2, 0.25) is 0 Å².